The van der Waals surface area contributed by atoms with Crippen LogP contribution in [0.2, 0.25) is 0 Å². The monoisotopic (exact) mass is 283 g/mol. The highest BCUT2D eigenvalue weighted by atomic mass is 35.5. The summed E-state index contributed by atoms with van der Waals surface area (Å²) in [4.78, 5) is 11.9. The van der Waals surface area contributed by atoms with E-state index in [1.165, 1.54) is 6.92 Å². The van der Waals surface area contributed by atoms with E-state index in [1.54, 1.807) is 23.5 Å². The molecular formula is C13H14ClNO2S. The topological polar surface area (TPSA) is 52.3 Å². The number of rotatable bonds is 3. The second-order valence-corrected chi connectivity index (χ2v) is 4.64. The van der Waals surface area contributed by atoms with Crippen LogP contribution < -0.4 is 10.5 Å². The number of benzene rings is 1. The molecule has 96 valence electrons. The van der Waals surface area contributed by atoms with Crippen molar-refractivity contribution in [2.24, 2.45) is 5.73 Å². The molecule has 2 N–H and O–H groups in total. The van der Waals surface area contributed by atoms with Gasteiger partial charge in [0.25, 0.3) is 0 Å². The van der Waals surface area contributed by atoms with E-state index >= 15 is 0 Å². The summed E-state index contributed by atoms with van der Waals surface area (Å²) < 4.78 is 4.96. The molecular weight excluding hydrogens is 270 g/mol. The van der Waals surface area contributed by atoms with Gasteiger partial charge in [0.1, 0.15) is 5.75 Å². The maximum Gasteiger partial charge on any atom is 0.308 e. The number of thiophene rings is 1. The minimum Gasteiger partial charge on any atom is -0.427 e. The SMILES string of the molecule is CC(=O)Oc1ccc([C@@H](N)c2cccs2)cc1.Cl. The van der Waals surface area contributed by atoms with Gasteiger partial charge in [0.2, 0.25) is 0 Å². The second-order valence-electron chi connectivity index (χ2n) is 3.66. The molecule has 1 aromatic heterocycles. The molecule has 0 saturated carbocycles. The fraction of sp³-hybridized carbons (Fsp3) is 0.154. The van der Waals surface area contributed by atoms with Gasteiger partial charge in [-0.25, -0.2) is 0 Å². The highest BCUT2D eigenvalue weighted by molar-refractivity contribution is 7.10. The third-order valence-electron chi connectivity index (χ3n) is 2.35. The van der Waals surface area contributed by atoms with E-state index < -0.39 is 0 Å². The van der Waals surface area contributed by atoms with Crippen molar-refractivity contribution >= 4 is 29.7 Å². The smallest absolute Gasteiger partial charge is 0.308 e. The molecule has 0 fully saturated rings. The summed E-state index contributed by atoms with van der Waals surface area (Å²) >= 11 is 1.63. The lowest BCUT2D eigenvalue weighted by atomic mass is 10.1. The highest BCUT2D eigenvalue weighted by Gasteiger charge is 2.09. The second kappa shape index (κ2) is 6.54. The highest BCUT2D eigenvalue weighted by Crippen LogP contribution is 2.25. The van der Waals surface area contributed by atoms with Gasteiger partial charge in [-0.1, -0.05) is 18.2 Å². The number of ether oxygens (including phenoxy) is 1. The summed E-state index contributed by atoms with van der Waals surface area (Å²) in [5.41, 5.74) is 7.12. The predicted molar refractivity (Wildman–Crippen MR) is 75.3 cm³/mol. The Balaban J connectivity index is 0.00000162. The molecule has 0 spiro atoms. The van der Waals surface area contributed by atoms with E-state index in [2.05, 4.69) is 0 Å². The maximum atomic E-state index is 10.8. The molecule has 1 atom stereocenters. The molecule has 0 aliphatic rings. The number of halogens is 1. The van der Waals surface area contributed by atoms with Gasteiger partial charge >= 0.3 is 5.97 Å². The Hall–Kier alpha value is -1.36. The normalized spacial score (nSPS) is 11.4. The van der Waals surface area contributed by atoms with Gasteiger partial charge in [-0.15, -0.1) is 23.7 Å². The lowest BCUT2D eigenvalue weighted by molar-refractivity contribution is -0.131. The first-order valence-electron chi connectivity index (χ1n) is 5.24. The van der Waals surface area contributed by atoms with E-state index in [0.29, 0.717) is 5.75 Å². The van der Waals surface area contributed by atoms with Crippen LogP contribution in [0.15, 0.2) is 41.8 Å². The molecule has 1 heterocycles. The van der Waals surface area contributed by atoms with Crippen molar-refractivity contribution in [1.29, 1.82) is 0 Å². The van der Waals surface area contributed by atoms with Gasteiger partial charge in [-0.3, -0.25) is 4.79 Å². The van der Waals surface area contributed by atoms with Gasteiger partial charge in [-0.2, -0.15) is 0 Å². The van der Waals surface area contributed by atoms with E-state index in [1.807, 2.05) is 29.6 Å². The molecule has 18 heavy (non-hydrogen) atoms. The molecule has 1 aromatic carbocycles. The first-order valence-corrected chi connectivity index (χ1v) is 6.12. The van der Waals surface area contributed by atoms with E-state index in [9.17, 15) is 4.79 Å². The van der Waals surface area contributed by atoms with Crippen molar-refractivity contribution in [2.75, 3.05) is 0 Å². The maximum absolute atomic E-state index is 10.8. The molecule has 0 aliphatic carbocycles. The fourth-order valence-corrected chi connectivity index (χ4v) is 2.30. The molecule has 0 saturated heterocycles. The van der Waals surface area contributed by atoms with E-state index in [-0.39, 0.29) is 24.4 Å². The van der Waals surface area contributed by atoms with Crippen LogP contribution >= 0.6 is 23.7 Å². The van der Waals surface area contributed by atoms with Crippen molar-refractivity contribution < 1.29 is 9.53 Å². The molecule has 0 radical (unpaired) electrons. The zero-order valence-electron chi connectivity index (χ0n) is 9.83. The van der Waals surface area contributed by atoms with Crippen molar-refractivity contribution in [3.8, 4) is 5.75 Å². The molecule has 2 aromatic rings. The predicted octanol–water partition coefficient (Wildman–Crippen LogP) is 3.14. The number of hydrogen-bond donors (Lipinski definition) is 1. The minimum atomic E-state index is -0.319. The average molecular weight is 284 g/mol. The molecule has 0 aliphatic heterocycles. The lowest BCUT2D eigenvalue weighted by Gasteiger charge is -2.10. The number of carbonyl (C=O) groups is 1. The Morgan fingerprint density at radius 2 is 1.94 bits per heavy atom. The summed E-state index contributed by atoms with van der Waals surface area (Å²) in [6, 6.07) is 11.1. The number of esters is 1. The minimum absolute atomic E-state index is 0. The van der Waals surface area contributed by atoms with Crippen molar-refractivity contribution in [1.82, 2.24) is 0 Å². The molecule has 2 rings (SSSR count). The molecule has 3 nitrogen and oxygen atoms in total. The summed E-state index contributed by atoms with van der Waals surface area (Å²) in [6.07, 6.45) is 0. The first-order chi connectivity index (χ1) is 8.16. The van der Waals surface area contributed by atoms with Crippen LogP contribution in [0.1, 0.15) is 23.4 Å². The van der Waals surface area contributed by atoms with Gasteiger partial charge in [0.15, 0.2) is 0 Å². The van der Waals surface area contributed by atoms with Crippen LogP contribution in [-0.4, -0.2) is 5.97 Å². The van der Waals surface area contributed by atoms with Crippen LogP contribution in [0.4, 0.5) is 0 Å². The zero-order valence-corrected chi connectivity index (χ0v) is 11.5. The quantitative estimate of drug-likeness (QED) is 0.695. The van der Waals surface area contributed by atoms with E-state index in [4.69, 9.17) is 10.5 Å². The van der Waals surface area contributed by atoms with Gasteiger partial charge in [0, 0.05) is 11.8 Å². The third kappa shape index (κ3) is 3.57. The van der Waals surface area contributed by atoms with Crippen LogP contribution in [0.25, 0.3) is 0 Å². The molecule has 0 amide bonds. The van der Waals surface area contributed by atoms with Gasteiger partial charge in [-0.05, 0) is 29.1 Å². The lowest BCUT2D eigenvalue weighted by Crippen LogP contribution is -2.10. The molecule has 5 heteroatoms. The Morgan fingerprint density at radius 3 is 2.44 bits per heavy atom. The Bertz CT molecular complexity index is 496. The van der Waals surface area contributed by atoms with Gasteiger partial charge < -0.3 is 10.5 Å². The van der Waals surface area contributed by atoms with Crippen molar-refractivity contribution in [2.45, 2.75) is 13.0 Å². The first kappa shape index (κ1) is 14.7. The molecule has 0 unspecified atom stereocenters. The summed E-state index contributed by atoms with van der Waals surface area (Å²) in [7, 11) is 0. The largest absolute Gasteiger partial charge is 0.427 e. The summed E-state index contributed by atoms with van der Waals surface area (Å²) in [6.45, 7) is 1.38. The number of hydrogen-bond acceptors (Lipinski definition) is 4. The summed E-state index contributed by atoms with van der Waals surface area (Å²) in [5, 5.41) is 2.00. The van der Waals surface area contributed by atoms with Crippen molar-refractivity contribution in [3.63, 3.8) is 0 Å². The van der Waals surface area contributed by atoms with Crippen LogP contribution in [-0.2, 0) is 4.79 Å². The Kier molecular flexibility index (Phi) is 5.34. The van der Waals surface area contributed by atoms with Crippen molar-refractivity contribution in [3.05, 3.63) is 52.2 Å². The number of carbonyl (C=O) groups excluding carboxylic acids is 1. The van der Waals surface area contributed by atoms with E-state index in [0.717, 1.165) is 10.4 Å². The van der Waals surface area contributed by atoms with Crippen LogP contribution in [0.5, 0.6) is 5.75 Å². The fourth-order valence-electron chi connectivity index (χ4n) is 1.54. The standard InChI is InChI=1S/C13H13NO2S.ClH/c1-9(15)16-11-6-4-10(5-7-11)13(14)12-3-2-8-17-12;/h2-8,13H,14H2,1H3;1H/t13-;/m1./s1. The zero-order chi connectivity index (χ0) is 12.3. The third-order valence-corrected chi connectivity index (χ3v) is 3.31. The summed E-state index contributed by atoms with van der Waals surface area (Å²) in [5.74, 6) is 0.222. The molecule has 0 bridgehead atoms. The average Bonchev–Trinajstić information content (AvgIpc) is 2.82. The van der Waals surface area contributed by atoms with Crippen LogP contribution in [0.3, 0.4) is 0 Å². The van der Waals surface area contributed by atoms with Crippen LogP contribution in [0, 0.1) is 0 Å². The Morgan fingerprint density at radius 1 is 1.28 bits per heavy atom. The Labute approximate surface area is 116 Å². The van der Waals surface area contributed by atoms with Gasteiger partial charge in [0.05, 0.1) is 6.04 Å². The number of nitrogens with two attached hydrogens (primary N) is 1.